The molecular formula is C31H32N2O5. The number of hydrogen-bond donors (Lipinski definition) is 2. The maximum absolute atomic E-state index is 13.7. The van der Waals surface area contributed by atoms with E-state index in [0.717, 1.165) is 23.2 Å². The highest BCUT2D eigenvalue weighted by molar-refractivity contribution is 6.14. The van der Waals surface area contributed by atoms with E-state index >= 15 is 0 Å². The molecule has 0 radical (unpaired) electrons. The summed E-state index contributed by atoms with van der Waals surface area (Å²) in [5.74, 6) is -1.35. The van der Waals surface area contributed by atoms with Gasteiger partial charge in [-0.25, -0.2) is 4.79 Å². The summed E-state index contributed by atoms with van der Waals surface area (Å²) in [6.45, 7) is 3.94. The normalized spacial score (nSPS) is 12.6. The van der Waals surface area contributed by atoms with E-state index in [1.807, 2.05) is 72.1 Å². The SMILES string of the molecule is CCC(CCC(=O)O)c1cc(C(=O)c2cccc(NC(C)C(=O)OCc3ccccc3)c2)c2ccccn12. The third-order valence-electron chi connectivity index (χ3n) is 6.65. The summed E-state index contributed by atoms with van der Waals surface area (Å²) >= 11 is 0. The van der Waals surface area contributed by atoms with Gasteiger partial charge in [0, 0.05) is 35.1 Å². The predicted molar refractivity (Wildman–Crippen MR) is 146 cm³/mol. The van der Waals surface area contributed by atoms with Crippen molar-refractivity contribution in [2.75, 3.05) is 5.32 Å². The van der Waals surface area contributed by atoms with Crippen LogP contribution in [0, 0.1) is 0 Å². The summed E-state index contributed by atoms with van der Waals surface area (Å²) in [7, 11) is 0. The number of esters is 1. The zero-order valence-electron chi connectivity index (χ0n) is 21.6. The number of benzene rings is 2. The lowest BCUT2D eigenvalue weighted by Gasteiger charge is -2.15. The number of carboxylic acid groups (broad SMARTS) is 1. The minimum atomic E-state index is -0.830. The van der Waals surface area contributed by atoms with E-state index < -0.39 is 12.0 Å². The average Bonchev–Trinajstić information content (AvgIpc) is 3.32. The Morgan fingerprint density at radius 3 is 2.47 bits per heavy atom. The quantitative estimate of drug-likeness (QED) is 0.177. The number of ketones is 1. The molecule has 2 heterocycles. The number of aliphatic carboxylic acids is 1. The Hall–Kier alpha value is -4.39. The van der Waals surface area contributed by atoms with E-state index in [0.29, 0.717) is 23.2 Å². The first-order valence-corrected chi connectivity index (χ1v) is 12.8. The van der Waals surface area contributed by atoms with Gasteiger partial charge in [0.25, 0.3) is 0 Å². The van der Waals surface area contributed by atoms with Crippen molar-refractivity contribution in [3.63, 3.8) is 0 Å². The molecule has 7 heteroatoms. The lowest BCUT2D eigenvalue weighted by Crippen LogP contribution is -2.28. The van der Waals surface area contributed by atoms with Gasteiger partial charge in [0.2, 0.25) is 0 Å². The van der Waals surface area contributed by atoms with Crippen molar-refractivity contribution in [3.05, 3.63) is 107 Å². The van der Waals surface area contributed by atoms with Crippen molar-refractivity contribution in [3.8, 4) is 0 Å². The van der Waals surface area contributed by atoms with E-state index in [2.05, 4.69) is 5.32 Å². The molecule has 2 atom stereocenters. The monoisotopic (exact) mass is 512 g/mol. The van der Waals surface area contributed by atoms with Gasteiger partial charge in [-0.05, 0) is 61.6 Å². The molecule has 7 nitrogen and oxygen atoms in total. The highest BCUT2D eigenvalue weighted by atomic mass is 16.5. The zero-order valence-corrected chi connectivity index (χ0v) is 21.6. The van der Waals surface area contributed by atoms with Crippen molar-refractivity contribution < 1.29 is 24.2 Å². The lowest BCUT2D eigenvalue weighted by atomic mass is 9.95. The fraction of sp³-hybridized carbons (Fsp3) is 0.258. The van der Waals surface area contributed by atoms with Crippen LogP contribution >= 0.6 is 0 Å². The molecule has 0 aliphatic heterocycles. The molecule has 0 aliphatic carbocycles. The van der Waals surface area contributed by atoms with Gasteiger partial charge in [-0.3, -0.25) is 9.59 Å². The Kier molecular flexibility index (Phi) is 8.58. The molecule has 0 bridgehead atoms. The van der Waals surface area contributed by atoms with Crippen LogP contribution in [-0.4, -0.2) is 33.3 Å². The van der Waals surface area contributed by atoms with Gasteiger partial charge in [0.05, 0.1) is 5.52 Å². The van der Waals surface area contributed by atoms with Crippen LogP contribution in [0.25, 0.3) is 5.52 Å². The van der Waals surface area contributed by atoms with Gasteiger partial charge >= 0.3 is 11.9 Å². The molecule has 4 aromatic rings. The van der Waals surface area contributed by atoms with Gasteiger partial charge < -0.3 is 19.6 Å². The number of hydrogen-bond acceptors (Lipinski definition) is 5. The van der Waals surface area contributed by atoms with Crippen LogP contribution in [0.2, 0.25) is 0 Å². The predicted octanol–water partition coefficient (Wildman–Crippen LogP) is 6.07. The molecule has 2 aromatic carbocycles. The maximum Gasteiger partial charge on any atom is 0.328 e. The number of aromatic nitrogens is 1. The first-order chi connectivity index (χ1) is 18.4. The molecule has 196 valence electrons. The largest absolute Gasteiger partial charge is 0.481 e. The Balaban J connectivity index is 1.52. The van der Waals surface area contributed by atoms with E-state index in [9.17, 15) is 14.4 Å². The fourth-order valence-corrected chi connectivity index (χ4v) is 4.60. The summed E-state index contributed by atoms with van der Waals surface area (Å²) in [6.07, 6.45) is 3.24. The highest BCUT2D eigenvalue weighted by Gasteiger charge is 2.22. The number of rotatable bonds is 12. The minimum absolute atomic E-state index is 0.0123. The molecule has 2 N–H and O–H groups in total. The number of carbonyl (C=O) groups is 3. The summed E-state index contributed by atoms with van der Waals surface area (Å²) in [4.78, 5) is 37.3. The molecule has 2 aromatic heterocycles. The number of carbonyl (C=O) groups excluding carboxylic acids is 2. The molecule has 2 unspecified atom stereocenters. The van der Waals surface area contributed by atoms with Crippen LogP contribution in [0.4, 0.5) is 5.69 Å². The van der Waals surface area contributed by atoms with Crippen LogP contribution in [0.1, 0.15) is 66.2 Å². The molecular weight excluding hydrogens is 480 g/mol. The molecule has 0 saturated heterocycles. The fourth-order valence-electron chi connectivity index (χ4n) is 4.60. The minimum Gasteiger partial charge on any atom is -0.481 e. The molecule has 0 amide bonds. The van der Waals surface area contributed by atoms with E-state index in [1.54, 1.807) is 31.2 Å². The molecule has 0 aliphatic rings. The average molecular weight is 513 g/mol. The van der Waals surface area contributed by atoms with Crippen LogP contribution in [0.15, 0.2) is 85.1 Å². The second-order valence-corrected chi connectivity index (χ2v) is 9.35. The first-order valence-electron chi connectivity index (χ1n) is 12.8. The van der Waals surface area contributed by atoms with Crippen LogP contribution in [0.3, 0.4) is 0 Å². The van der Waals surface area contributed by atoms with Crippen molar-refractivity contribution in [2.45, 2.75) is 51.7 Å². The molecule has 0 saturated carbocycles. The summed E-state index contributed by atoms with van der Waals surface area (Å²) < 4.78 is 7.40. The van der Waals surface area contributed by atoms with Crippen LogP contribution < -0.4 is 5.32 Å². The number of ether oxygens (including phenoxy) is 1. The van der Waals surface area contributed by atoms with Gasteiger partial charge in [-0.2, -0.15) is 0 Å². The smallest absolute Gasteiger partial charge is 0.328 e. The Morgan fingerprint density at radius 1 is 0.974 bits per heavy atom. The number of fused-ring (bicyclic) bond motifs is 1. The van der Waals surface area contributed by atoms with Gasteiger partial charge in [0.1, 0.15) is 12.6 Å². The second-order valence-electron chi connectivity index (χ2n) is 9.35. The van der Waals surface area contributed by atoms with Gasteiger partial charge in [0.15, 0.2) is 5.78 Å². The number of anilines is 1. The summed E-state index contributed by atoms with van der Waals surface area (Å²) in [5, 5.41) is 12.3. The van der Waals surface area contributed by atoms with Gasteiger partial charge in [-0.15, -0.1) is 0 Å². The molecule has 38 heavy (non-hydrogen) atoms. The Bertz CT molecular complexity index is 1430. The summed E-state index contributed by atoms with van der Waals surface area (Å²) in [6, 6.07) is 23.5. The third-order valence-corrected chi connectivity index (χ3v) is 6.65. The van der Waals surface area contributed by atoms with Crippen LogP contribution in [-0.2, 0) is 20.9 Å². The molecule has 4 rings (SSSR count). The van der Waals surface area contributed by atoms with E-state index in [1.165, 1.54) is 0 Å². The Labute approximate surface area is 222 Å². The highest BCUT2D eigenvalue weighted by Crippen LogP contribution is 2.31. The zero-order chi connectivity index (χ0) is 27.1. The van der Waals surface area contributed by atoms with E-state index in [4.69, 9.17) is 9.84 Å². The third kappa shape index (κ3) is 6.29. The summed E-state index contributed by atoms with van der Waals surface area (Å²) in [5.41, 5.74) is 4.29. The van der Waals surface area contributed by atoms with Crippen molar-refractivity contribution in [1.29, 1.82) is 0 Å². The lowest BCUT2D eigenvalue weighted by molar-refractivity contribution is -0.145. The second kappa shape index (κ2) is 12.2. The van der Waals surface area contributed by atoms with Gasteiger partial charge in [-0.1, -0.05) is 55.5 Å². The number of nitrogens with one attached hydrogen (secondary N) is 1. The Morgan fingerprint density at radius 2 is 1.74 bits per heavy atom. The topological polar surface area (TPSA) is 97.1 Å². The van der Waals surface area contributed by atoms with Crippen molar-refractivity contribution in [1.82, 2.24) is 4.40 Å². The van der Waals surface area contributed by atoms with E-state index in [-0.39, 0.29) is 30.7 Å². The first kappa shape index (κ1) is 26.7. The molecule has 0 fully saturated rings. The standard InChI is InChI=1S/C31H32N2O5/c1-3-23(15-16-29(34)35)28-19-26(27-14-7-8-17-33(27)28)30(36)24-12-9-13-25(18-24)32-21(2)31(37)38-20-22-10-5-4-6-11-22/h4-14,17-19,21,23,32H,3,15-16,20H2,1-2H3,(H,34,35). The van der Waals surface area contributed by atoms with Crippen molar-refractivity contribution >= 4 is 28.9 Å². The number of nitrogens with zero attached hydrogens (tertiary/aromatic N) is 1. The van der Waals surface area contributed by atoms with Crippen LogP contribution in [0.5, 0.6) is 0 Å². The maximum atomic E-state index is 13.7. The number of carboxylic acids is 1. The number of pyridine rings is 1. The van der Waals surface area contributed by atoms with Crippen molar-refractivity contribution in [2.24, 2.45) is 0 Å². The molecule has 0 spiro atoms.